The maximum Gasteiger partial charge on any atom is 0.150 e. The Labute approximate surface area is 79.6 Å². The van der Waals surface area contributed by atoms with Crippen LogP contribution >= 0.6 is 12.2 Å². The van der Waals surface area contributed by atoms with Crippen LogP contribution in [0.2, 0.25) is 0 Å². The van der Waals surface area contributed by atoms with E-state index in [1.54, 1.807) is 12.1 Å². The van der Waals surface area contributed by atoms with Crippen LogP contribution in [0.1, 0.15) is 11.6 Å². The van der Waals surface area contributed by atoms with Gasteiger partial charge in [-0.1, -0.05) is 29.6 Å². The zero-order valence-electron chi connectivity index (χ0n) is 6.57. The summed E-state index contributed by atoms with van der Waals surface area (Å²) < 4.78 is 12.6. The lowest BCUT2D eigenvalue weighted by molar-refractivity contribution is 0.626. The summed E-state index contributed by atoms with van der Waals surface area (Å²) >= 11 is 4.96. The van der Waals surface area contributed by atoms with Crippen LogP contribution in [0.5, 0.6) is 0 Å². The molecule has 5 heteroatoms. The van der Waals surface area contributed by atoms with Gasteiger partial charge < -0.3 is 0 Å². The van der Waals surface area contributed by atoms with Crippen LogP contribution in [-0.2, 0) is 0 Å². The molecular weight excluding hydrogens is 189 g/mol. The molecule has 2 rings (SSSR count). The predicted molar refractivity (Wildman–Crippen MR) is 49.7 cm³/mol. The van der Waals surface area contributed by atoms with Crippen molar-refractivity contribution < 1.29 is 4.39 Å². The third kappa shape index (κ3) is 1.55. The lowest BCUT2D eigenvalue weighted by Crippen LogP contribution is -2.14. The molecule has 0 saturated heterocycles. The topological polar surface area (TPSA) is 36.8 Å². The molecule has 13 heavy (non-hydrogen) atoms. The van der Waals surface area contributed by atoms with Crippen molar-refractivity contribution in [3.8, 4) is 0 Å². The Morgan fingerprint density at radius 2 is 2.00 bits per heavy atom. The minimum absolute atomic E-state index is 0.254. The molecular formula is C8H6FN3S. The maximum atomic E-state index is 12.6. The maximum absolute atomic E-state index is 12.6. The molecule has 0 bridgehead atoms. The third-order valence-corrected chi connectivity index (χ3v) is 2.08. The minimum Gasteiger partial charge on any atom is -0.251 e. The van der Waals surface area contributed by atoms with Gasteiger partial charge in [-0.15, -0.1) is 0 Å². The van der Waals surface area contributed by atoms with Crippen LogP contribution in [-0.4, -0.2) is 4.99 Å². The SMILES string of the molecule is Fc1ccc(C2N=NNC2=S)cc1. The molecule has 0 radical (unpaired) electrons. The van der Waals surface area contributed by atoms with Crippen LogP contribution in [0, 0.1) is 5.82 Å². The monoisotopic (exact) mass is 195 g/mol. The number of benzene rings is 1. The van der Waals surface area contributed by atoms with Gasteiger partial charge in [0.15, 0.2) is 0 Å². The highest BCUT2D eigenvalue weighted by Gasteiger charge is 2.20. The number of thiocarbonyl (C=S) groups is 1. The Balaban J connectivity index is 2.30. The molecule has 1 N–H and O–H groups in total. The van der Waals surface area contributed by atoms with Crippen molar-refractivity contribution in [2.45, 2.75) is 6.04 Å². The molecule has 1 aliphatic heterocycles. The summed E-state index contributed by atoms with van der Waals surface area (Å²) in [6.07, 6.45) is 0. The van der Waals surface area contributed by atoms with Gasteiger partial charge >= 0.3 is 0 Å². The Hall–Kier alpha value is -1.36. The van der Waals surface area contributed by atoms with E-state index in [2.05, 4.69) is 15.8 Å². The molecule has 0 amide bonds. The van der Waals surface area contributed by atoms with Crippen molar-refractivity contribution in [2.24, 2.45) is 10.3 Å². The van der Waals surface area contributed by atoms with E-state index in [-0.39, 0.29) is 11.9 Å². The summed E-state index contributed by atoms with van der Waals surface area (Å²) in [7, 11) is 0. The second kappa shape index (κ2) is 3.18. The Morgan fingerprint density at radius 1 is 1.31 bits per heavy atom. The summed E-state index contributed by atoms with van der Waals surface area (Å²) in [6, 6.07) is 5.81. The molecule has 66 valence electrons. The fourth-order valence-corrected chi connectivity index (χ4v) is 1.34. The highest BCUT2D eigenvalue weighted by Crippen LogP contribution is 2.22. The molecule has 3 nitrogen and oxygen atoms in total. The largest absolute Gasteiger partial charge is 0.251 e. The molecule has 1 unspecified atom stereocenters. The van der Waals surface area contributed by atoms with Gasteiger partial charge in [0.2, 0.25) is 0 Å². The number of rotatable bonds is 1. The van der Waals surface area contributed by atoms with Crippen molar-refractivity contribution in [1.29, 1.82) is 0 Å². The predicted octanol–water partition coefficient (Wildman–Crippen LogP) is 2.16. The third-order valence-electron chi connectivity index (χ3n) is 1.77. The summed E-state index contributed by atoms with van der Waals surface area (Å²) in [4.78, 5) is 0.548. The number of nitrogens with one attached hydrogen (secondary N) is 1. The van der Waals surface area contributed by atoms with Crippen molar-refractivity contribution in [2.75, 3.05) is 0 Å². The van der Waals surface area contributed by atoms with E-state index in [0.29, 0.717) is 4.99 Å². The van der Waals surface area contributed by atoms with Gasteiger partial charge in [0.1, 0.15) is 16.8 Å². The van der Waals surface area contributed by atoms with Gasteiger partial charge in [0, 0.05) is 0 Å². The van der Waals surface area contributed by atoms with Crippen LogP contribution in [0.25, 0.3) is 0 Å². The Morgan fingerprint density at radius 3 is 2.54 bits per heavy atom. The number of hydrogen-bond donors (Lipinski definition) is 1. The summed E-state index contributed by atoms with van der Waals surface area (Å²) in [5.41, 5.74) is 3.43. The molecule has 0 aliphatic carbocycles. The second-order valence-electron chi connectivity index (χ2n) is 2.65. The molecule has 0 saturated carbocycles. The van der Waals surface area contributed by atoms with E-state index in [1.165, 1.54) is 12.1 Å². The number of halogens is 1. The average Bonchev–Trinajstić information content (AvgIpc) is 2.53. The normalized spacial score (nSPS) is 20.4. The first kappa shape index (κ1) is 8.25. The zero-order chi connectivity index (χ0) is 9.26. The highest BCUT2D eigenvalue weighted by atomic mass is 32.1. The molecule has 1 heterocycles. The zero-order valence-corrected chi connectivity index (χ0v) is 7.38. The smallest absolute Gasteiger partial charge is 0.150 e. The van der Waals surface area contributed by atoms with E-state index in [4.69, 9.17) is 12.2 Å². The average molecular weight is 195 g/mol. The molecule has 0 spiro atoms. The standard InChI is InChI=1S/C8H6FN3S/c9-6-3-1-5(2-4-6)7-8(13)11-12-10-7/h1-4,7H,(H,10,11,13). The van der Waals surface area contributed by atoms with E-state index in [0.717, 1.165) is 5.56 Å². The van der Waals surface area contributed by atoms with Crippen molar-refractivity contribution in [3.63, 3.8) is 0 Å². The fraction of sp³-hybridized carbons (Fsp3) is 0.125. The van der Waals surface area contributed by atoms with Gasteiger partial charge in [0.05, 0.1) is 0 Å². The molecule has 1 atom stereocenters. The van der Waals surface area contributed by atoms with E-state index < -0.39 is 0 Å². The van der Waals surface area contributed by atoms with Gasteiger partial charge in [-0.3, -0.25) is 5.43 Å². The lowest BCUT2D eigenvalue weighted by Gasteiger charge is -2.04. The Bertz CT molecular complexity index is 360. The first-order valence-corrected chi connectivity index (χ1v) is 4.13. The van der Waals surface area contributed by atoms with Crippen LogP contribution in [0.3, 0.4) is 0 Å². The first-order chi connectivity index (χ1) is 6.27. The first-order valence-electron chi connectivity index (χ1n) is 3.72. The molecule has 0 aromatic heterocycles. The Kier molecular flexibility index (Phi) is 2.02. The number of nitrogens with zero attached hydrogens (tertiary/aromatic N) is 2. The summed E-state index contributed by atoms with van der Waals surface area (Å²) in [5.74, 6) is -0.266. The molecule has 0 fully saturated rings. The van der Waals surface area contributed by atoms with E-state index >= 15 is 0 Å². The summed E-state index contributed by atoms with van der Waals surface area (Å²) in [5, 5.41) is 7.45. The fourth-order valence-electron chi connectivity index (χ4n) is 1.11. The molecule has 1 aromatic carbocycles. The van der Waals surface area contributed by atoms with Gasteiger partial charge in [-0.25, -0.2) is 4.39 Å². The van der Waals surface area contributed by atoms with Gasteiger partial charge in [-0.2, -0.15) is 5.11 Å². The van der Waals surface area contributed by atoms with Gasteiger partial charge in [-0.05, 0) is 17.7 Å². The quantitative estimate of drug-likeness (QED) is 0.697. The molecule has 1 aromatic rings. The van der Waals surface area contributed by atoms with Crippen LogP contribution in [0.15, 0.2) is 34.6 Å². The summed E-state index contributed by atoms with van der Waals surface area (Å²) in [6.45, 7) is 0. The second-order valence-corrected chi connectivity index (χ2v) is 3.09. The van der Waals surface area contributed by atoms with Crippen molar-refractivity contribution >= 4 is 17.2 Å². The minimum atomic E-state index is -0.266. The van der Waals surface area contributed by atoms with Crippen LogP contribution in [0.4, 0.5) is 4.39 Å². The van der Waals surface area contributed by atoms with E-state index in [1.807, 2.05) is 0 Å². The molecule has 1 aliphatic rings. The number of hydrogen-bond acceptors (Lipinski definition) is 3. The van der Waals surface area contributed by atoms with Crippen molar-refractivity contribution in [1.82, 2.24) is 5.43 Å². The van der Waals surface area contributed by atoms with E-state index in [9.17, 15) is 4.39 Å². The van der Waals surface area contributed by atoms with Crippen LogP contribution < -0.4 is 5.43 Å². The van der Waals surface area contributed by atoms with Gasteiger partial charge in [0.25, 0.3) is 0 Å². The highest BCUT2D eigenvalue weighted by molar-refractivity contribution is 7.80. The van der Waals surface area contributed by atoms with Crippen molar-refractivity contribution in [3.05, 3.63) is 35.6 Å². The lowest BCUT2D eigenvalue weighted by atomic mass is 10.1.